The van der Waals surface area contributed by atoms with Gasteiger partial charge in [-0.25, -0.2) is 9.07 Å². The Morgan fingerprint density at radius 1 is 1.14 bits per heavy atom. The molecule has 0 aliphatic carbocycles. The number of carbonyl (C=O) groups excluding carboxylic acids is 1. The zero-order valence-corrected chi connectivity index (χ0v) is 15.1. The van der Waals surface area contributed by atoms with Gasteiger partial charge in [-0.15, -0.1) is 5.10 Å². The van der Waals surface area contributed by atoms with Crippen LogP contribution in [0.15, 0.2) is 36.4 Å². The number of anilines is 2. The van der Waals surface area contributed by atoms with Crippen LogP contribution in [0.2, 0.25) is 10.0 Å². The van der Waals surface area contributed by atoms with Crippen LogP contribution in [-0.2, 0) is 6.18 Å². The van der Waals surface area contributed by atoms with Crippen molar-refractivity contribution in [2.75, 3.05) is 11.1 Å². The molecule has 0 radical (unpaired) electrons. The van der Waals surface area contributed by atoms with Gasteiger partial charge in [0.1, 0.15) is 5.82 Å². The molecule has 0 aliphatic heterocycles. The molecule has 0 bridgehead atoms. The van der Waals surface area contributed by atoms with Crippen molar-refractivity contribution < 1.29 is 22.4 Å². The molecule has 3 aromatic rings. The Morgan fingerprint density at radius 3 is 2.36 bits per heavy atom. The van der Waals surface area contributed by atoms with E-state index in [1.807, 2.05) is 0 Å². The highest BCUT2D eigenvalue weighted by Gasteiger charge is 2.42. The molecule has 1 aromatic heterocycles. The van der Waals surface area contributed by atoms with Crippen LogP contribution in [0.25, 0.3) is 5.69 Å². The molecule has 0 aliphatic rings. The minimum Gasteiger partial charge on any atom is -0.396 e. The maximum atomic E-state index is 13.6. The number of hydrogen-bond acceptors (Lipinski definition) is 4. The standard InChI is InChI=1S/C16H9Cl2F4N5O/c17-10-5-8(6-11(18)12(10)23)24-15(28)13-14(16(20,21)22)27(26-25-13)9-3-1-2-7(19)4-9/h1-6H,23H2,(H,24,28). The van der Waals surface area contributed by atoms with Crippen LogP contribution in [0.1, 0.15) is 16.2 Å². The quantitative estimate of drug-likeness (QED) is 0.468. The van der Waals surface area contributed by atoms with Gasteiger partial charge in [0.2, 0.25) is 0 Å². The number of alkyl halides is 3. The third kappa shape index (κ3) is 3.87. The first-order valence-electron chi connectivity index (χ1n) is 7.42. The first kappa shape index (κ1) is 19.9. The van der Waals surface area contributed by atoms with E-state index in [-0.39, 0.29) is 27.1 Å². The predicted molar refractivity (Wildman–Crippen MR) is 95.1 cm³/mol. The lowest BCUT2D eigenvalue weighted by atomic mass is 10.2. The van der Waals surface area contributed by atoms with Crippen molar-refractivity contribution in [2.45, 2.75) is 6.18 Å². The average molecular weight is 434 g/mol. The van der Waals surface area contributed by atoms with Crippen molar-refractivity contribution in [2.24, 2.45) is 0 Å². The Bertz CT molecular complexity index is 1040. The minimum absolute atomic E-state index is 0.00209. The Labute approximate surface area is 164 Å². The number of aromatic nitrogens is 3. The smallest absolute Gasteiger partial charge is 0.396 e. The summed E-state index contributed by atoms with van der Waals surface area (Å²) in [6.07, 6.45) is -5.00. The molecule has 12 heteroatoms. The topological polar surface area (TPSA) is 85.8 Å². The Balaban J connectivity index is 2.03. The SMILES string of the molecule is Nc1c(Cl)cc(NC(=O)c2nnn(-c3cccc(F)c3)c2C(F)(F)F)cc1Cl. The zero-order valence-electron chi connectivity index (χ0n) is 13.6. The van der Waals surface area contributed by atoms with Crippen molar-refractivity contribution in [3.05, 3.63) is 63.6 Å². The summed E-state index contributed by atoms with van der Waals surface area (Å²) in [5, 5.41) is 8.87. The number of nitrogens with two attached hydrogens (primary N) is 1. The number of nitrogens with zero attached hydrogens (tertiary/aromatic N) is 3. The number of rotatable bonds is 3. The Kier molecular flexibility index (Phi) is 5.18. The molecule has 6 nitrogen and oxygen atoms in total. The molecule has 1 amide bonds. The van der Waals surface area contributed by atoms with Crippen LogP contribution >= 0.6 is 23.2 Å². The van der Waals surface area contributed by atoms with Gasteiger partial charge < -0.3 is 11.1 Å². The summed E-state index contributed by atoms with van der Waals surface area (Å²) in [7, 11) is 0. The summed E-state index contributed by atoms with van der Waals surface area (Å²) in [5.74, 6) is -2.00. The molecule has 1 heterocycles. The molecule has 0 spiro atoms. The van der Waals surface area contributed by atoms with Crippen LogP contribution in [0.4, 0.5) is 28.9 Å². The highest BCUT2D eigenvalue weighted by atomic mass is 35.5. The molecular formula is C16H9Cl2F4N5O. The van der Waals surface area contributed by atoms with Crippen LogP contribution in [-0.4, -0.2) is 20.9 Å². The van der Waals surface area contributed by atoms with Gasteiger partial charge in [0.05, 0.1) is 21.4 Å². The second-order valence-corrected chi connectivity index (χ2v) is 6.30. The third-order valence-electron chi connectivity index (χ3n) is 3.54. The van der Waals surface area contributed by atoms with Gasteiger partial charge >= 0.3 is 6.18 Å². The van der Waals surface area contributed by atoms with E-state index in [0.717, 1.165) is 12.1 Å². The van der Waals surface area contributed by atoms with Crippen LogP contribution in [0.3, 0.4) is 0 Å². The largest absolute Gasteiger partial charge is 0.435 e. The number of carbonyl (C=O) groups is 1. The lowest BCUT2D eigenvalue weighted by Gasteiger charge is -2.12. The van der Waals surface area contributed by atoms with Gasteiger partial charge in [0.25, 0.3) is 5.91 Å². The van der Waals surface area contributed by atoms with Gasteiger partial charge in [-0.3, -0.25) is 4.79 Å². The molecule has 0 saturated heterocycles. The monoisotopic (exact) mass is 433 g/mol. The number of nitrogen functional groups attached to an aromatic ring is 1. The van der Waals surface area contributed by atoms with Gasteiger partial charge in [-0.1, -0.05) is 34.5 Å². The molecule has 2 aromatic carbocycles. The van der Waals surface area contributed by atoms with Crippen molar-refractivity contribution in [1.29, 1.82) is 0 Å². The van der Waals surface area contributed by atoms with Crippen LogP contribution < -0.4 is 11.1 Å². The van der Waals surface area contributed by atoms with E-state index in [1.54, 1.807) is 0 Å². The zero-order chi connectivity index (χ0) is 20.6. The van der Waals surface area contributed by atoms with Gasteiger partial charge in [-0.2, -0.15) is 13.2 Å². The van der Waals surface area contributed by atoms with Crippen molar-refractivity contribution in [3.8, 4) is 5.69 Å². The van der Waals surface area contributed by atoms with Crippen molar-refractivity contribution >= 4 is 40.5 Å². The van der Waals surface area contributed by atoms with E-state index in [1.165, 1.54) is 24.3 Å². The second-order valence-electron chi connectivity index (χ2n) is 5.48. The summed E-state index contributed by atoms with van der Waals surface area (Å²) >= 11 is 11.7. The van der Waals surface area contributed by atoms with E-state index in [2.05, 4.69) is 15.6 Å². The van der Waals surface area contributed by atoms with Crippen LogP contribution in [0.5, 0.6) is 0 Å². The van der Waals surface area contributed by atoms with E-state index >= 15 is 0 Å². The van der Waals surface area contributed by atoms with Crippen LogP contribution in [0, 0.1) is 5.82 Å². The summed E-state index contributed by atoms with van der Waals surface area (Å²) in [6, 6.07) is 6.69. The molecule has 3 N–H and O–H groups in total. The number of amides is 1. The fourth-order valence-electron chi connectivity index (χ4n) is 2.32. The maximum absolute atomic E-state index is 13.6. The van der Waals surface area contributed by atoms with E-state index in [4.69, 9.17) is 28.9 Å². The fourth-order valence-corrected chi connectivity index (χ4v) is 2.81. The molecule has 0 saturated carbocycles. The van der Waals surface area contributed by atoms with E-state index in [9.17, 15) is 22.4 Å². The predicted octanol–water partition coefficient (Wildman–Crippen LogP) is 4.57. The normalized spacial score (nSPS) is 11.5. The van der Waals surface area contributed by atoms with Crippen molar-refractivity contribution in [3.63, 3.8) is 0 Å². The summed E-state index contributed by atoms with van der Waals surface area (Å²) < 4.78 is 54.4. The highest BCUT2D eigenvalue weighted by molar-refractivity contribution is 6.39. The third-order valence-corrected chi connectivity index (χ3v) is 4.17. The highest BCUT2D eigenvalue weighted by Crippen LogP contribution is 2.34. The lowest BCUT2D eigenvalue weighted by molar-refractivity contribution is -0.143. The number of nitrogens with one attached hydrogen (secondary N) is 1. The van der Waals surface area contributed by atoms with Gasteiger partial charge in [0, 0.05) is 5.69 Å². The molecule has 28 heavy (non-hydrogen) atoms. The van der Waals surface area contributed by atoms with E-state index in [0.29, 0.717) is 4.68 Å². The first-order chi connectivity index (χ1) is 13.1. The second kappa shape index (κ2) is 7.28. The van der Waals surface area contributed by atoms with Gasteiger partial charge in [-0.05, 0) is 30.3 Å². The molecule has 0 unspecified atom stereocenters. The van der Waals surface area contributed by atoms with E-state index < -0.39 is 29.3 Å². The summed E-state index contributed by atoms with van der Waals surface area (Å²) in [6.45, 7) is 0. The Hall–Kier alpha value is -2.85. The molecular weight excluding hydrogens is 425 g/mol. The lowest BCUT2D eigenvalue weighted by Crippen LogP contribution is -2.21. The summed E-state index contributed by atoms with van der Waals surface area (Å²) in [4.78, 5) is 12.4. The molecule has 146 valence electrons. The first-order valence-corrected chi connectivity index (χ1v) is 8.18. The molecule has 0 fully saturated rings. The number of halogens is 6. The maximum Gasteiger partial charge on any atom is 0.435 e. The Morgan fingerprint density at radius 2 is 1.79 bits per heavy atom. The van der Waals surface area contributed by atoms with Gasteiger partial charge in [0.15, 0.2) is 11.4 Å². The summed E-state index contributed by atoms with van der Waals surface area (Å²) in [5.41, 5.74) is 2.89. The number of benzene rings is 2. The van der Waals surface area contributed by atoms with Crippen molar-refractivity contribution in [1.82, 2.24) is 15.0 Å². The molecule has 0 atom stereocenters. The number of hydrogen-bond donors (Lipinski definition) is 2. The fraction of sp³-hybridized carbons (Fsp3) is 0.0625. The minimum atomic E-state index is -5.00. The average Bonchev–Trinajstić information content (AvgIpc) is 3.05. The molecule has 3 rings (SSSR count).